The van der Waals surface area contributed by atoms with Gasteiger partial charge in [0.2, 0.25) is 0 Å². The van der Waals surface area contributed by atoms with E-state index in [1.165, 1.54) is 17.3 Å². The normalized spacial score (nSPS) is 12.8. The highest BCUT2D eigenvalue weighted by Crippen LogP contribution is 2.38. The fourth-order valence-electron chi connectivity index (χ4n) is 3.13. The maximum absolute atomic E-state index is 12.6. The molecule has 1 aliphatic heterocycles. The number of hydrogen-bond donors (Lipinski definition) is 0. The van der Waals surface area contributed by atoms with Crippen molar-refractivity contribution in [1.29, 1.82) is 5.26 Å². The molecule has 2 aromatic heterocycles. The first-order chi connectivity index (χ1) is 11.1. The smallest absolute Gasteiger partial charge is 0.190 e. The minimum absolute atomic E-state index is 0. The van der Waals surface area contributed by atoms with E-state index < -0.39 is 0 Å². The lowest BCUT2D eigenvalue weighted by Gasteiger charge is -2.17. The number of rotatable bonds is 1. The number of carbonyl (C=O) groups excluding carboxylic acids is 1. The molecule has 1 aliphatic rings. The van der Waals surface area contributed by atoms with Crippen LogP contribution in [-0.2, 0) is 0 Å². The number of Topliss-reactive ketones (excluding diaryl/α,β-unsaturated/α-hetero) is 1. The van der Waals surface area contributed by atoms with Crippen molar-refractivity contribution in [3.63, 3.8) is 0 Å². The first-order valence-corrected chi connectivity index (χ1v) is 8.41. The highest BCUT2D eigenvalue weighted by Gasteiger charge is 2.27. The topological polar surface area (TPSA) is 76.8 Å². The van der Waals surface area contributed by atoms with Crippen molar-refractivity contribution in [2.24, 2.45) is 0 Å². The predicted molar refractivity (Wildman–Crippen MR) is 95.7 cm³/mol. The molecule has 4 nitrogen and oxygen atoms in total. The number of pyridine rings is 1. The molecule has 5 heteroatoms. The first-order valence-electron chi connectivity index (χ1n) is 7.42. The van der Waals surface area contributed by atoms with Crippen LogP contribution in [0.2, 0.25) is 0 Å². The average Bonchev–Trinajstić information content (AvgIpc) is 2.92. The number of aromatic nitrogens is 1. The van der Waals surface area contributed by atoms with Crippen LogP contribution in [0.1, 0.15) is 27.2 Å². The SMILES string of the molecule is Cc1ccc(-c2cc3cc(C)c(C#N)c4n3c2C(=O)CS4)cc1.O. The largest absolute Gasteiger partial charge is 0.412 e. The summed E-state index contributed by atoms with van der Waals surface area (Å²) >= 11 is 1.46. The lowest BCUT2D eigenvalue weighted by Crippen LogP contribution is -2.15. The van der Waals surface area contributed by atoms with Gasteiger partial charge in [-0.05, 0) is 37.1 Å². The van der Waals surface area contributed by atoms with Crippen LogP contribution < -0.4 is 0 Å². The van der Waals surface area contributed by atoms with Gasteiger partial charge in [0.05, 0.1) is 22.0 Å². The number of thioether (sulfide) groups is 1. The molecule has 0 radical (unpaired) electrons. The number of aryl methyl sites for hydroxylation is 2. The molecule has 24 heavy (non-hydrogen) atoms. The van der Waals surface area contributed by atoms with Gasteiger partial charge in [-0.1, -0.05) is 41.6 Å². The summed E-state index contributed by atoms with van der Waals surface area (Å²) in [6, 6.07) is 14.5. The monoisotopic (exact) mass is 336 g/mol. The van der Waals surface area contributed by atoms with Crippen molar-refractivity contribution >= 4 is 23.1 Å². The molecule has 0 bridgehead atoms. The Morgan fingerprint density at radius 2 is 1.88 bits per heavy atom. The van der Waals surface area contributed by atoms with E-state index in [2.05, 4.69) is 24.3 Å². The van der Waals surface area contributed by atoms with Crippen LogP contribution >= 0.6 is 11.8 Å². The Balaban J connectivity index is 0.00000169. The minimum atomic E-state index is 0. The fourth-order valence-corrected chi connectivity index (χ4v) is 4.21. The van der Waals surface area contributed by atoms with Crippen molar-refractivity contribution in [2.75, 3.05) is 5.75 Å². The number of nitriles is 1. The Bertz CT molecular complexity index is 1010. The maximum Gasteiger partial charge on any atom is 0.190 e. The second-order valence-corrected chi connectivity index (χ2v) is 6.83. The van der Waals surface area contributed by atoms with Gasteiger partial charge in [-0.25, -0.2) is 0 Å². The van der Waals surface area contributed by atoms with Crippen LogP contribution in [-0.4, -0.2) is 21.4 Å². The third-order valence-corrected chi connectivity index (χ3v) is 5.35. The molecule has 0 fully saturated rings. The van der Waals surface area contributed by atoms with E-state index in [0.717, 1.165) is 27.2 Å². The second-order valence-electron chi connectivity index (χ2n) is 5.86. The maximum atomic E-state index is 12.6. The summed E-state index contributed by atoms with van der Waals surface area (Å²) in [7, 11) is 0. The number of ketones is 1. The summed E-state index contributed by atoms with van der Waals surface area (Å²) in [5.41, 5.74) is 6.48. The summed E-state index contributed by atoms with van der Waals surface area (Å²) < 4.78 is 1.96. The molecule has 2 N–H and O–H groups in total. The summed E-state index contributed by atoms with van der Waals surface area (Å²) in [6.45, 7) is 4.00. The summed E-state index contributed by atoms with van der Waals surface area (Å²) in [6.07, 6.45) is 0. The van der Waals surface area contributed by atoms with E-state index in [1.54, 1.807) is 0 Å². The molecule has 120 valence electrons. The Labute approximate surface area is 144 Å². The van der Waals surface area contributed by atoms with Crippen LogP contribution in [0.3, 0.4) is 0 Å². The molecule has 3 heterocycles. The molecule has 0 spiro atoms. The number of carbonyl (C=O) groups is 1. The van der Waals surface area contributed by atoms with E-state index in [-0.39, 0.29) is 11.3 Å². The predicted octanol–water partition coefficient (Wildman–Crippen LogP) is 3.56. The van der Waals surface area contributed by atoms with E-state index in [0.29, 0.717) is 17.0 Å². The van der Waals surface area contributed by atoms with Gasteiger partial charge in [0.15, 0.2) is 5.78 Å². The number of benzene rings is 1. The van der Waals surface area contributed by atoms with Crippen molar-refractivity contribution in [3.8, 4) is 17.2 Å². The molecule has 0 aliphatic carbocycles. The highest BCUT2D eigenvalue weighted by atomic mass is 32.2. The molecule has 0 saturated carbocycles. The highest BCUT2D eigenvalue weighted by molar-refractivity contribution is 8.00. The lowest BCUT2D eigenvalue weighted by molar-refractivity contribution is 0.101. The molecule has 1 aromatic carbocycles. The van der Waals surface area contributed by atoms with Crippen molar-refractivity contribution < 1.29 is 10.3 Å². The molecule has 4 rings (SSSR count). The zero-order valence-corrected chi connectivity index (χ0v) is 14.2. The number of hydrogen-bond acceptors (Lipinski definition) is 3. The third-order valence-electron chi connectivity index (χ3n) is 4.28. The van der Waals surface area contributed by atoms with Crippen LogP contribution in [0.15, 0.2) is 41.4 Å². The van der Waals surface area contributed by atoms with Crippen molar-refractivity contribution in [3.05, 3.63) is 58.8 Å². The van der Waals surface area contributed by atoms with Crippen LogP contribution in [0.25, 0.3) is 16.6 Å². The fraction of sp³-hybridized carbons (Fsp3) is 0.158. The van der Waals surface area contributed by atoms with E-state index in [9.17, 15) is 10.1 Å². The molecule has 0 unspecified atom stereocenters. The Kier molecular flexibility index (Phi) is 3.96. The van der Waals surface area contributed by atoms with Gasteiger partial charge < -0.3 is 5.48 Å². The van der Waals surface area contributed by atoms with Crippen molar-refractivity contribution in [1.82, 2.24) is 4.40 Å². The molecular weight excluding hydrogens is 320 g/mol. The summed E-state index contributed by atoms with van der Waals surface area (Å²) in [5.74, 6) is 0.502. The molecule has 3 aromatic rings. The van der Waals surface area contributed by atoms with Gasteiger partial charge in [0.25, 0.3) is 0 Å². The van der Waals surface area contributed by atoms with E-state index >= 15 is 0 Å². The Morgan fingerprint density at radius 3 is 2.54 bits per heavy atom. The van der Waals surface area contributed by atoms with Gasteiger partial charge in [-0.3, -0.25) is 9.20 Å². The van der Waals surface area contributed by atoms with Crippen LogP contribution in [0.5, 0.6) is 0 Å². The Hall–Kier alpha value is -2.55. The minimum Gasteiger partial charge on any atom is -0.412 e. The van der Waals surface area contributed by atoms with Crippen LogP contribution in [0, 0.1) is 25.2 Å². The van der Waals surface area contributed by atoms with Gasteiger partial charge in [-0.2, -0.15) is 5.26 Å². The van der Waals surface area contributed by atoms with Crippen LogP contribution in [0.4, 0.5) is 0 Å². The Morgan fingerprint density at radius 1 is 1.17 bits per heavy atom. The van der Waals surface area contributed by atoms with E-state index in [4.69, 9.17) is 0 Å². The first kappa shape index (κ1) is 16.3. The summed E-state index contributed by atoms with van der Waals surface area (Å²) in [5, 5.41) is 10.3. The quantitative estimate of drug-likeness (QED) is 0.682. The lowest BCUT2D eigenvalue weighted by atomic mass is 10.0. The van der Waals surface area contributed by atoms with Crippen molar-refractivity contribution in [2.45, 2.75) is 18.9 Å². The zero-order chi connectivity index (χ0) is 16.1. The molecule has 0 amide bonds. The van der Waals surface area contributed by atoms with E-state index in [1.807, 2.05) is 36.4 Å². The van der Waals surface area contributed by atoms with Gasteiger partial charge >= 0.3 is 0 Å². The number of nitrogens with zero attached hydrogens (tertiary/aromatic N) is 2. The molecular formula is C19H16N2O2S. The second kappa shape index (κ2) is 5.82. The molecule has 0 saturated heterocycles. The molecule has 0 atom stereocenters. The van der Waals surface area contributed by atoms with Gasteiger partial charge in [-0.15, -0.1) is 0 Å². The zero-order valence-electron chi connectivity index (χ0n) is 13.4. The summed E-state index contributed by atoms with van der Waals surface area (Å²) in [4.78, 5) is 12.6. The standard InChI is InChI=1S/C19H14N2OS.H2O/c1-11-3-5-13(6-4-11)15-8-14-7-12(2)16(9-20)19-21(14)18(15)17(22)10-23-19;/h3-8H,10H2,1-2H3;1H2. The van der Waals surface area contributed by atoms with Gasteiger partial charge in [0.1, 0.15) is 6.07 Å². The van der Waals surface area contributed by atoms with Gasteiger partial charge in [0, 0.05) is 11.1 Å². The third kappa shape index (κ3) is 2.23. The average molecular weight is 336 g/mol.